The van der Waals surface area contributed by atoms with Crippen LogP contribution in [0.5, 0.6) is 5.75 Å². The van der Waals surface area contributed by atoms with E-state index in [1.54, 1.807) is 37.3 Å². The van der Waals surface area contributed by atoms with Crippen molar-refractivity contribution in [2.24, 2.45) is 0 Å². The zero-order valence-electron chi connectivity index (χ0n) is 14.2. The molecule has 0 aliphatic rings. The quantitative estimate of drug-likeness (QED) is 0.751. The summed E-state index contributed by atoms with van der Waals surface area (Å²) < 4.78 is 18.2. The Labute approximate surface area is 145 Å². The van der Waals surface area contributed by atoms with Crippen LogP contribution in [0.4, 0.5) is 21.5 Å². The summed E-state index contributed by atoms with van der Waals surface area (Å²) in [7, 11) is 1.49. The Morgan fingerprint density at radius 1 is 1.04 bits per heavy atom. The molecule has 2 aromatic rings. The fraction of sp³-hybridized carbons (Fsp3) is 0.222. The van der Waals surface area contributed by atoms with Gasteiger partial charge in [0.05, 0.1) is 12.8 Å². The lowest BCUT2D eigenvalue weighted by Gasteiger charge is -2.17. The molecule has 1 unspecified atom stereocenters. The highest BCUT2D eigenvalue weighted by molar-refractivity contribution is 5.98. The summed E-state index contributed by atoms with van der Waals surface area (Å²) in [6, 6.07) is 10.1. The van der Waals surface area contributed by atoms with Gasteiger partial charge in [-0.05, 0) is 49.4 Å². The van der Waals surface area contributed by atoms with Crippen LogP contribution in [0, 0.1) is 5.82 Å². The van der Waals surface area contributed by atoms with Crippen molar-refractivity contribution in [1.82, 2.24) is 0 Å². The van der Waals surface area contributed by atoms with E-state index in [0.717, 1.165) is 0 Å². The molecule has 2 aromatic carbocycles. The smallest absolute Gasteiger partial charge is 0.246 e. The van der Waals surface area contributed by atoms with E-state index >= 15 is 0 Å². The van der Waals surface area contributed by atoms with Gasteiger partial charge in [0.25, 0.3) is 0 Å². The highest BCUT2D eigenvalue weighted by Gasteiger charge is 2.15. The SMILES string of the molecule is COc1ccc(NC(C)=O)cc1NC(=O)C(C)Nc1ccc(F)cc1. The predicted octanol–water partition coefficient (Wildman–Crippen LogP) is 3.23. The Balaban J connectivity index is 2.09. The molecule has 0 bridgehead atoms. The minimum Gasteiger partial charge on any atom is -0.495 e. The first-order chi connectivity index (χ1) is 11.9. The molecule has 0 aliphatic heterocycles. The number of anilines is 3. The molecule has 2 amide bonds. The highest BCUT2D eigenvalue weighted by atomic mass is 19.1. The number of hydrogen-bond donors (Lipinski definition) is 3. The van der Waals surface area contributed by atoms with Crippen LogP contribution >= 0.6 is 0 Å². The lowest BCUT2D eigenvalue weighted by molar-refractivity contribution is -0.116. The monoisotopic (exact) mass is 345 g/mol. The zero-order valence-corrected chi connectivity index (χ0v) is 14.2. The van der Waals surface area contributed by atoms with Gasteiger partial charge in [-0.1, -0.05) is 0 Å². The molecule has 0 radical (unpaired) electrons. The number of carbonyl (C=O) groups excluding carboxylic acids is 2. The van der Waals surface area contributed by atoms with Gasteiger partial charge in [-0.15, -0.1) is 0 Å². The zero-order chi connectivity index (χ0) is 18.4. The number of ether oxygens (including phenoxy) is 1. The maximum Gasteiger partial charge on any atom is 0.246 e. The number of rotatable bonds is 6. The van der Waals surface area contributed by atoms with Crippen molar-refractivity contribution in [2.75, 3.05) is 23.1 Å². The number of nitrogens with one attached hydrogen (secondary N) is 3. The summed E-state index contributed by atoms with van der Waals surface area (Å²) in [5.41, 5.74) is 1.61. The molecule has 2 rings (SSSR count). The van der Waals surface area contributed by atoms with E-state index in [2.05, 4.69) is 16.0 Å². The standard InChI is InChI=1S/C18H20FN3O3/c1-11(20-14-6-4-13(19)5-7-14)18(24)22-16-10-15(21-12(2)23)8-9-17(16)25-3/h4-11,20H,1-3H3,(H,21,23)(H,22,24). The number of carbonyl (C=O) groups is 2. The van der Waals surface area contributed by atoms with Crippen molar-refractivity contribution in [1.29, 1.82) is 0 Å². The van der Waals surface area contributed by atoms with Gasteiger partial charge in [-0.2, -0.15) is 0 Å². The third-order valence-corrected chi connectivity index (χ3v) is 3.40. The van der Waals surface area contributed by atoms with Crippen molar-refractivity contribution in [2.45, 2.75) is 19.9 Å². The van der Waals surface area contributed by atoms with Crippen LogP contribution in [0.2, 0.25) is 0 Å². The lowest BCUT2D eigenvalue weighted by atomic mass is 10.2. The molecule has 0 aliphatic carbocycles. The summed E-state index contributed by atoms with van der Waals surface area (Å²) in [6.07, 6.45) is 0. The topological polar surface area (TPSA) is 79.5 Å². The largest absolute Gasteiger partial charge is 0.495 e. The molecule has 0 spiro atoms. The molecule has 0 saturated carbocycles. The van der Waals surface area contributed by atoms with Crippen LogP contribution < -0.4 is 20.7 Å². The van der Waals surface area contributed by atoms with Crippen molar-refractivity contribution in [3.8, 4) is 5.75 Å². The third-order valence-electron chi connectivity index (χ3n) is 3.40. The summed E-state index contributed by atoms with van der Waals surface area (Å²) >= 11 is 0. The summed E-state index contributed by atoms with van der Waals surface area (Å²) in [6.45, 7) is 3.08. The van der Waals surface area contributed by atoms with Gasteiger partial charge in [0.2, 0.25) is 11.8 Å². The van der Waals surface area contributed by atoms with Gasteiger partial charge in [0.1, 0.15) is 17.6 Å². The van der Waals surface area contributed by atoms with Crippen LogP contribution in [0.3, 0.4) is 0 Å². The van der Waals surface area contributed by atoms with Crippen molar-refractivity contribution < 1.29 is 18.7 Å². The van der Waals surface area contributed by atoms with E-state index in [4.69, 9.17) is 4.74 Å². The second kappa shape index (κ2) is 8.14. The molecular weight excluding hydrogens is 325 g/mol. The average Bonchev–Trinajstić information content (AvgIpc) is 2.56. The minimum absolute atomic E-state index is 0.214. The number of benzene rings is 2. The van der Waals surface area contributed by atoms with Crippen molar-refractivity contribution in [3.63, 3.8) is 0 Å². The molecule has 6 nitrogen and oxygen atoms in total. The van der Waals surface area contributed by atoms with Crippen LogP contribution in [0.25, 0.3) is 0 Å². The maximum absolute atomic E-state index is 12.9. The van der Waals surface area contributed by atoms with Crippen LogP contribution in [0.1, 0.15) is 13.8 Å². The van der Waals surface area contributed by atoms with E-state index in [-0.39, 0.29) is 17.6 Å². The van der Waals surface area contributed by atoms with Gasteiger partial charge in [-0.25, -0.2) is 4.39 Å². The first kappa shape index (κ1) is 18.3. The fourth-order valence-corrected chi connectivity index (χ4v) is 2.19. The van der Waals surface area contributed by atoms with E-state index in [0.29, 0.717) is 22.8 Å². The molecule has 3 N–H and O–H groups in total. The number of halogens is 1. The van der Waals surface area contributed by atoms with Gasteiger partial charge in [-0.3, -0.25) is 9.59 Å². The Hall–Kier alpha value is -3.09. The summed E-state index contributed by atoms with van der Waals surface area (Å²) in [4.78, 5) is 23.6. The van der Waals surface area contributed by atoms with Gasteiger partial charge < -0.3 is 20.7 Å². The molecule has 132 valence electrons. The fourth-order valence-electron chi connectivity index (χ4n) is 2.19. The van der Waals surface area contributed by atoms with E-state index in [9.17, 15) is 14.0 Å². The highest BCUT2D eigenvalue weighted by Crippen LogP contribution is 2.28. The maximum atomic E-state index is 12.9. The molecule has 25 heavy (non-hydrogen) atoms. The van der Waals surface area contributed by atoms with Crippen LogP contribution in [-0.2, 0) is 9.59 Å². The Morgan fingerprint density at radius 2 is 1.68 bits per heavy atom. The Kier molecular flexibility index (Phi) is 5.94. The Bertz CT molecular complexity index is 763. The first-order valence-electron chi connectivity index (χ1n) is 7.67. The molecule has 0 saturated heterocycles. The normalized spacial score (nSPS) is 11.4. The predicted molar refractivity (Wildman–Crippen MR) is 95.4 cm³/mol. The van der Waals surface area contributed by atoms with E-state index in [1.165, 1.54) is 26.2 Å². The molecule has 7 heteroatoms. The number of hydrogen-bond acceptors (Lipinski definition) is 4. The van der Waals surface area contributed by atoms with Crippen LogP contribution in [-0.4, -0.2) is 25.0 Å². The van der Waals surface area contributed by atoms with E-state index < -0.39 is 6.04 Å². The molecule has 0 aromatic heterocycles. The first-order valence-corrected chi connectivity index (χ1v) is 7.67. The second-order valence-electron chi connectivity index (χ2n) is 5.46. The van der Waals surface area contributed by atoms with Gasteiger partial charge in [0.15, 0.2) is 0 Å². The number of methoxy groups -OCH3 is 1. The average molecular weight is 345 g/mol. The lowest BCUT2D eigenvalue weighted by Crippen LogP contribution is -2.32. The summed E-state index contributed by atoms with van der Waals surface area (Å²) in [5, 5.41) is 8.39. The van der Waals surface area contributed by atoms with Gasteiger partial charge in [0, 0.05) is 18.3 Å². The van der Waals surface area contributed by atoms with Crippen LogP contribution in [0.15, 0.2) is 42.5 Å². The minimum atomic E-state index is -0.570. The van der Waals surface area contributed by atoms with Gasteiger partial charge >= 0.3 is 0 Å². The molecular formula is C18H20FN3O3. The van der Waals surface area contributed by atoms with Crippen molar-refractivity contribution in [3.05, 3.63) is 48.3 Å². The Morgan fingerprint density at radius 3 is 2.28 bits per heavy atom. The third kappa shape index (κ3) is 5.20. The number of amides is 2. The molecule has 0 heterocycles. The van der Waals surface area contributed by atoms with E-state index in [1.807, 2.05) is 0 Å². The molecule has 0 fully saturated rings. The van der Waals surface area contributed by atoms with Crippen molar-refractivity contribution >= 4 is 28.9 Å². The summed E-state index contributed by atoms with van der Waals surface area (Å²) in [5.74, 6) is -0.394. The second-order valence-corrected chi connectivity index (χ2v) is 5.46. The molecule has 1 atom stereocenters.